The topological polar surface area (TPSA) is 105 Å². The van der Waals surface area contributed by atoms with Crippen LogP contribution >= 0.6 is 0 Å². The standard InChI is InChI=1S/C52H56O8/c1-29(2)49(53)57-45-21-23-47(59-51(55)31(5)6)43-27-39(17-19-41(43)45)34-11-9-33(10-12-34)35-13-14-37-26-38(16-15-36(37)25-35)40-18-20-42-44(28-40)48(60-52(56)32(7)8)24-22-46(42)58-50(54)30(3)4/h9-20,25-32,45-48H,21-24H2,1-8H3. The Morgan fingerprint density at radius 1 is 0.350 bits per heavy atom. The maximum absolute atomic E-state index is 12.7. The van der Waals surface area contributed by atoms with Crippen molar-refractivity contribution in [3.05, 3.63) is 119 Å². The van der Waals surface area contributed by atoms with Crippen LogP contribution in [0.1, 0.15) is 128 Å². The molecule has 0 aliphatic heterocycles. The Balaban J connectivity index is 1.13. The molecule has 4 atom stereocenters. The molecule has 8 heteroatoms. The van der Waals surface area contributed by atoms with Gasteiger partial charge in [-0.25, -0.2) is 0 Å². The average molecular weight is 809 g/mol. The quantitative estimate of drug-likeness (QED) is 0.0959. The minimum atomic E-state index is -0.412. The van der Waals surface area contributed by atoms with E-state index in [1.165, 1.54) is 0 Å². The number of fused-ring (bicyclic) bond motifs is 3. The number of hydrogen-bond acceptors (Lipinski definition) is 8. The van der Waals surface area contributed by atoms with E-state index in [1.54, 1.807) is 0 Å². The van der Waals surface area contributed by atoms with Crippen molar-refractivity contribution in [1.29, 1.82) is 0 Å². The minimum Gasteiger partial charge on any atom is -0.457 e. The van der Waals surface area contributed by atoms with Crippen LogP contribution in [0.15, 0.2) is 97.1 Å². The number of ether oxygens (including phenoxy) is 4. The van der Waals surface area contributed by atoms with E-state index in [9.17, 15) is 19.2 Å². The van der Waals surface area contributed by atoms with Gasteiger partial charge in [0.15, 0.2) is 0 Å². The van der Waals surface area contributed by atoms with Gasteiger partial charge in [-0.1, -0.05) is 128 Å². The van der Waals surface area contributed by atoms with Crippen LogP contribution in [0.4, 0.5) is 0 Å². The van der Waals surface area contributed by atoms with Gasteiger partial charge in [0, 0.05) is 0 Å². The molecule has 2 aliphatic carbocycles. The molecule has 7 rings (SSSR count). The normalized spacial score (nSPS) is 18.6. The van der Waals surface area contributed by atoms with Crippen LogP contribution in [-0.4, -0.2) is 23.9 Å². The van der Waals surface area contributed by atoms with E-state index in [4.69, 9.17) is 18.9 Å². The predicted octanol–water partition coefficient (Wildman–Crippen LogP) is 12.4. The Kier molecular flexibility index (Phi) is 12.6. The highest BCUT2D eigenvalue weighted by molar-refractivity contribution is 5.91. The van der Waals surface area contributed by atoms with Crippen LogP contribution in [0.25, 0.3) is 44.2 Å². The molecule has 5 aromatic carbocycles. The van der Waals surface area contributed by atoms with E-state index < -0.39 is 12.2 Å². The number of carbonyl (C=O) groups excluding carboxylic acids is 4. The molecule has 0 saturated heterocycles. The molecule has 0 heterocycles. The van der Waals surface area contributed by atoms with Crippen molar-refractivity contribution < 1.29 is 38.1 Å². The van der Waals surface area contributed by atoms with Crippen LogP contribution in [0.2, 0.25) is 0 Å². The first-order valence-electron chi connectivity index (χ1n) is 21.4. The van der Waals surface area contributed by atoms with Gasteiger partial charge in [0.25, 0.3) is 0 Å². The van der Waals surface area contributed by atoms with Crippen molar-refractivity contribution in [2.24, 2.45) is 23.7 Å². The smallest absolute Gasteiger partial charge is 0.308 e. The minimum absolute atomic E-state index is 0.236. The fraction of sp³-hybridized carbons (Fsp3) is 0.385. The number of benzene rings is 5. The van der Waals surface area contributed by atoms with E-state index in [0.717, 1.165) is 66.4 Å². The van der Waals surface area contributed by atoms with E-state index in [-0.39, 0.29) is 59.8 Å². The van der Waals surface area contributed by atoms with Crippen LogP contribution in [0.3, 0.4) is 0 Å². The lowest BCUT2D eigenvalue weighted by molar-refractivity contribution is -0.159. The highest BCUT2D eigenvalue weighted by atomic mass is 16.6. The third-order valence-corrected chi connectivity index (χ3v) is 11.6. The molecule has 0 radical (unpaired) electrons. The van der Waals surface area contributed by atoms with Gasteiger partial charge >= 0.3 is 23.9 Å². The Hall–Kier alpha value is -5.76. The molecule has 0 aromatic heterocycles. The Bertz CT molecular complexity index is 2410. The summed E-state index contributed by atoms with van der Waals surface area (Å²) in [4.78, 5) is 50.5. The van der Waals surface area contributed by atoms with Gasteiger partial charge in [-0.3, -0.25) is 19.2 Å². The van der Waals surface area contributed by atoms with Crippen LogP contribution in [-0.2, 0) is 38.1 Å². The van der Waals surface area contributed by atoms with Gasteiger partial charge in [-0.2, -0.15) is 0 Å². The summed E-state index contributed by atoms with van der Waals surface area (Å²) in [6, 6.07) is 33.6. The van der Waals surface area contributed by atoms with E-state index in [2.05, 4.69) is 78.9 Å². The van der Waals surface area contributed by atoms with Gasteiger partial charge in [0.05, 0.1) is 23.7 Å². The molecule has 0 fully saturated rings. The number of hydrogen-bond donors (Lipinski definition) is 0. The van der Waals surface area contributed by atoms with Gasteiger partial charge in [-0.15, -0.1) is 0 Å². The number of carbonyl (C=O) groups is 4. The zero-order valence-corrected chi connectivity index (χ0v) is 36.0. The maximum Gasteiger partial charge on any atom is 0.308 e. The Labute approximate surface area is 353 Å². The zero-order chi connectivity index (χ0) is 42.8. The summed E-state index contributed by atoms with van der Waals surface area (Å²) in [5.41, 5.74) is 9.76. The molecular weight excluding hydrogens is 753 g/mol. The molecule has 0 amide bonds. The molecule has 8 nitrogen and oxygen atoms in total. The molecule has 5 aromatic rings. The monoisotopic (exact) mass is 808 g/mol. The SMILES string of the molecule is CC(C)C(=O)OC1CCC(OC(=O)C(C)C)c2cc(-c3ccc(-c4ccc5cc(-c6ccc7c(c6)C(OC(=O)C(C)C)CCC7OC(=O)C(C)C)ccc5c4)cc3)ccc21. The van der Waals surface area contributed by atoms with Crippen molar-refractivity contribution in [2.45, 2.75) is 105 Å². The second-order valence-corrected chi connectivity index (χ2v) is 17.5. The van der Waals surface area contributed by atoms with Crippen molar-refractivity contribution >= 4 is 34.6 Å². The van der Waals surface area contributed by atoms with Crippen molar-refractivity contribution in [3.63, 3.8) is 0 Å². The van der Waals surface area contributed by atoms with Crippen LogP contribution in [0.5, 0.6) is 0 Å². The molecule has 0 spiro atoms. The van der Waals surface area contributed by atoms with Gasteiger partial charge in [0.2, 0.25) is 0 Å². The summed E-state index contributed by atoms with van der Waals surface area (Å²) < 4.78 is 23.8. The highest BCUT2D eigenvalue weighted by Gasteiger charge is 2.35. The highest BCUT2D eigenvalue weighted by Crippen LogP contribution is 2.44. The lowest BCUT2D eigenvalue weighted by Crippen LogP contribution is -2.25. The molecule has 0 bridgehead atoms. The van der Waals surface area contributed by atoms with Crippen LogP contribution in [0, 0.1) is 23.7 Å². The van der Waals surface area contributed by atoms with Gasteiger partial charge in [0.1, 0.15) is 24.4 Å². The van der Waals surface area contributed by atoms with Gasteiger partial charge in [-0.05, 0) is 116 Å². The first-order chi connectivity index (χ1) is 28.7. The first kappa shape index (κ1) is 42.4. The maximum atomic E-state index is 12.7. The van der Waals surface area contributed by atoms with Crippen LogP contribution < -0.4 is 0 Å². The number of esters is 4. The molecule has 312 valence electrons. The number of rotatable bonds is 11. The van der Waals surface area contributed by atoms with Crippen molar-refractivity contribution in [3.8, 4) is 33.4 Å². The largest absolute Gasteiger partial charge is 0.457 e. The van der Waals surface area contributed by atoms with Crippen molar-refractivity contribution in [2.75, 3.05) is 0 Å². The van der Waals surface area contributed by atoms with Gasteiger partial charge < -0.3 is 18.9 Å². The Morgan fingerprint density at radius 2 is 0.600 bits per heavy atom. The molecule has 0 saturated carbocycles. The third kappa shape index (κ3) is 9.18. The van der Waals surface area contributed by atoms with E-state index in [1.807, 2.05) is 73.6 Å². The molecule has 2 aliphatic rings. The van der Waals surface area contributed by atoms with Crippen molar-refractivity contribution in [1.82, 2.24) is 0 Å². The van der Waals surface area contributed by atoms with E-state index in [0.29, 0.717) is 25.7 Å². The average Bonchev–Trinajstić information content (AvgIpc) is 3.24. The third-order valence-electron chi connectivity index (χ3n) is 11.6. The lowest BCUT2D eigenvalue weighted by Gasteiger charge is -2.32. The molecule has 0 N–H and O–H groups in total. The fourth-order valence-corrected chi connectivity index (χ4v) is 7.94. The summed E-state index contributed by atoms with van der Waals surface area (Å²) >= 11 is 0. The predicted molar refractivity (Wildman–Crippen MR) is 233 cm³/mol. The van der Waals surface area contributed by atoms with E-state index >= 15 is 0 Å². The molecule has 4 unspecified atom stereocenters. The zero-order valence-electron chi connectivity index (χ0n) is 36.0. The second kappa shape index (κ2) is 17.8. The summed E-state index contributed by atoms with van der Waals surface area (Å²) in [7, 11) is 0. The molecular formula is C52H56O8. The summed E-state index contributed by atoms with van der Waals surface area (Å²) in [5, 5.41) is 2.20. The lowest BCUT2D eigenvalue weighted by atomic mass is 9.84. The first-order valence-corrected chi connectivity index (χ1v) is 21.4. The fourth-order valence-electron chi connectivity index (χ4n) is 7.94. The summed E-state index contributed by atoms with van der Waals surface area (Å²) in [5.74, 6) is -1.94. The Morgan fingerprint density at radius 3 is 0.933 bits per heavy atom. The summed E-state index contributed by atoms with van der Waals surface area (Å²) in [6.45, 7) is 14.6. The molecule has 60 heavy (non-hydrogen) atoms. The second-order valence-electron chi connectivity index (χ2n) is 17.5. The summed E-state index contributed by atoms with van der Waals surface area (Å²) in [6.07, 6.45) is 0.745.